The summed E-state index contributed by atoms with van der Waals surface area (Å²) in [6.07, 6.45) is 2.25. The fourth-order valence-electron chi connectivity index (χ4n) is 2.96. The largest absolute Gasteiger partial charge is 0.397 e. The smallest absolute Gasteiger partial charge is 0.266 e. The number of rotatable bonds is 1. The number of anilines is 1. The summed E-state index contributed by atoms with van der Waals surface area (Å²) in [6.45, 7) is 6.11. The van der Waals surface area contributed by atoms with Crippen LogP contribution in [0.3, 0.4) is 0 Å². The van der Waals surface area contributed by atoms with Crippen LogP contribution < -0.4 is 5.73 Å². The Bertz CT molecular complexity index is 660. The topological polar surface area (TPSA) is 46.3 Å². The summed E-state index contributed by atoms with van der Waals surface area (Å²) in [6, 6.07) is 7.95. The molecule has 2 aromatic rings. The quantitative estimate of drug-likeness (QED) is 0.868. The first kappa shape index (κ1) is 13.4. The standard InChI is InChI=1S/C16H20N2OS/c1-16(2)8-5-9-18(10-16)15(19)14-13(17)11-6-3-4-7-12(11)20-14/h3-4,6-7H,5,8-10,17H2,1-2H3. The molecule has 0 atom stereocenters. The van der Waals surface area contributed by atoms with Crippen LogP contribution in [0.5, 0.6) is 0 Å². The lowest BCUT2D eigenvalue weighted by atomic mass is 9.84. The van der Waals surface area contributed by atoms with Crippen LogP contribution in [0.2, 0.25) is 0 Å². The van der Waals surface area contributed by atoms with Gasteiger partial charge in [-0.2, -0.15) is 0 Å². The third kappa shape index (κ3) is 2.29. The number of fused-ring (bicyclic) bond motifs is 1. The number of nitrogens with zero attached hydrogens (tertiary/aromatic N) is 1. The number of amides is 1. The number of thiophene rings is 1. The Kier molecular flexibility index (Phi) is 3.21. The molecule has 0 radical (unpaired) electrons. The van der Waals surface area contributed by atoms with Gasteiger partial charge < -0.3 is 10.6 Å². The molecule has 1 aliphatic heterocycles. The molecule has 1 fully saturated rings. The van der Waals surface area contributed by atoms with Gasteiger partial charge in [0.15, 0.2) is 0 Å². The van der Waals surface area contributed by atoms with Crippen molar-refractivity contribution in [3.63, 3.8) is 0 Å². The lowest BCUT2D eigenvalue weighted by molar-refractivity contribution is 0.0589. The monoisotopic (exact) mass is 288 g/mol. The van der Waals surface area contributed by atoms with Gasteiger partial charge in [0, 0.05) is 23.2 Å². The third-order valence-electron chi connectivity index (χ3n) is 4.02. The number of hydrogen-bond acceptors (Lipinski definition) is 3. The van der Waals surface area contributed by atoms with Crippen molar-refractivity contribution in [3.8, 4) is 0 Å². The van der Waals surface area contributed by atoms with Gasteiger partial charge in [-0.25, -0.2) is 0 Å². The lowest BCUT2D eigenvalue weighted by Gasteiger charge is -2.37. The van der Waals surface area contributed by atoms with E-state index in [9.17, 15) is 4.79 Å². The normalized spacial score (nSPS) is 18.4. The van der Waals surface area contributed by atoms with Gasteiger partial charge in [-0.15, -0.1) is 11.3 Å². The maximum absolute atomic E-state index is 12.7. The summed E-state index contributed by atoms with van der Waals surface area (Å²) in [4.78, 5) is 15.4. The molecule has 4 heteroatoms. The second-order valence-corrected chi connectivity index (χ2v) is 7.39. The van der Waals surface area contributed by atoms with Crippen LogP contribution in [0.25, 0.3) is 10.1 Å². The van der Waals surface area contributed by atoms with Crippen LogP contribution in [0.4, 0.5) is 5.69 Å². The molecule has 0 saturated carbocycles. The van der Waals surface area contributed by atoms with Gasteiger partial charge in [0.2, 0.25) is 0 Å². The molecular formula is C16H20N2OS. The van der Waals surface area contributed by atoms with E-state index in [1.54, 1.807) is 0 Å². The van der Waals surface area contributed by atoms with Crippen molar-refractivity contribution in [1.29, 1.82) is 0 Å². The van der Waals surface area contributed by atoms with Crippen LogP contribution in [0.1, 0.15) is 36.4 Å². The first-order valence-electron chi connectivity index (χ1n) is 7.04. The summed E-state index contributed by atoms with van der Waals surface area (Å²) >= 11 is 1.51. The predicted octanol–water partition coefficient (Wildman–Crippen LogP) is 3.75. The summed E-state index contributed by atoms with van der Waals surface area (Å²) in [5, 5.41) is 0.997. The van der Waals surface area contributed by atoms with E-state index in [-0.39, 0.29) is 11.3 Å². The third-order valence-corrected chi connectivity index (χ3v) is 5.19. The Labute approximate surface area is 123 Å². The molecule has 1 aromatic heterocycles. The Balaban J connectivity index is 1.94. The fourth-order valence-corrected chi connectivity index (χ4v) is 4.06. The number of likely N-dealkylation sites (tertiary alicyclic amines) is 1. The molecule has 0 unspecified atom stereocenters. The van der Waals surface area contributed by atoms with Crippen LogP contribution >= 0.6 is 11.3 Å². The van der Waals surface area contributed by atoms with E-state index in [4.69, 9.17) is 5.73 Å². The van der Waals surface area contributed by atoms with Gasteiger partial charge in [0.05, 0.1) is 5.69 Å². The second-order valence-electron chi connectivity index (χ2n) is 6.34. The molecule has 1 amide bonds. The van der Waals surface area contributed by atoms with E-state index in [2.05, 4.69) is 13.8 Å². The molecule has 1 saturated heterocycles. The van der Waals surface area contributed by atoms with Gasteiger partial charge in [0.25, 0.3) is 5.91 Å². The van der Waals surface area contributed by atoms with Crippen molar-refractivity contribution in [2.45, 2.75) is 26.7 Å². The molecule has 1 aliphatic rings. The molecule has 0 spiro atoms. The molecule has 20 heavy (non-hydrogen) atoms. The summed E-state index contributed by atoms with van der Waals surface area (Å²) < 4.78 is 1.09. The van der Waals surface area contributed by atoms with Crippen molar-refractivity contribution >= 4 is 33.0 Å². The highest BCUT2D eigenvalue weighted by atomic mass is 32.1. The number of benzene rings is 1. The van der Waals surface area contributed by atoms with Gasteiger partial charge in [-0.3, -0.25) is 4.79 Å². The van der Waals surface area contributed by atoms with E-state index in [1.165, 1.54) is 17.8 Å². The molecule has 2 N–H and O–H groups in total. The number of nitrogens with two attached hydrogens (primary N) is 1. The Hall–Kier alpha value is -1.55. The van der Waals surface area contributed by atoms with Crippen LogP contribution in [0, 0.1) is 5.41 Å². The minimum absolute atomic E-state index is 0.0940. The maximum Gasteiger partial charge on any atom is 0.266 e. The number of nitrogen functional groups attached to an aromatic ring is 1. The van der Waals surface area contributed by atoms with Crippen molar-refractivity contribution in [2.75, 3.05) is 18.8 Å². The van der Waals surface area contributed by atoms with E-state index >= 15 is 0 Å². The Morgan fingerprint density at radius 1 is 1.35 bits per heavy atom. The number of hydrogen-bond donors (Lipinski definition) is 1. The van der Waals surface area contributed by atoms with Crippen molar-refractivity contribution in [3.05, 3.63) is 29.1 Å². The average Bonchev–Trinajstić information content (AvgIpc) is 2.75. The van der Waals surface area contributed by atoms with E-state index in [1.807, 2.05) is 29.2 Å². The van der Waals surface area contributed by atoms with Gasteiger partial charge in [-0.1, -0.05) is 32.0 Å². The van der Waals surface area contributed by atoms with Crippen molar-refractivity contribution in [2.24, 2.45) is 5.41 Å². The van der Waals surface area contributed by atoms with Gasteiger partial charge in [-0.05, 0) is 24.3 Å². The fraction of sp³-hybridized carbons (Fsp3) is 0.438. The zero-order valence-electron chi connectivity index (χ0n) is 12.0. The maximum atomic E-state index is 12.7. The predicted molar refractivity (Wildman–Crippen MR) is 85.2 cm³/mol. The highest BCUT2D eigenvalue weighted by Crippen LogP contribution is 2.36. The molecule has 0 bridgehead atoms. The summed E-state index contributed by atoms with van der Waals surface area (Å²) in [5.74, 6) is 0.0940. The first-order valence-corrected chi connectivity index (χ1v) is 7.86. The van der Waals surface area contributed by atoms with E-state index < -0.39 is 0 Å². The zero-order valence-corrected chi connectivity index (χ0v) is 12.8. The minimum Gasteiger partial charge on any atom is -0.397 e. The van der Waals surface area contributed by atoms with E-state index in [0.29, 0.717) is 10.6 Å². The molecule has 1 aromatic carbocycles. The van der Waals surface area contributed by atoms with Crippen molar-refractivity contribution < 1.29 is 4.79 Å². The minimum atomic E-state index is 0.0940. The zero-order chi connectivity index (χ0) is 14.3. The van der Waals surface area contributed by atoms with Crippen molar-refractivity contribution in [1.82, 2.24) is 4.90 Å². The Morgan fingerprint density at radius 3 is 2.80 bits per heavy atom. The molecular weight excluding hydrogens is 268 g/mol. The molecule has 106 valence electrons. The average molecular weight is 288 g/mol. The Morgan fingerprint density at radius 2 is 2.10 bits per heavy atom. The molecule has 3 rings (SSSR count). The van der Waals surface area contributed by atoms with Crippen LogP contribution in [-0.4, -0.2) is 23.9 Å². The summed E-state index contributed by atoms with van der Waals surface area (Å²) in [5.41, 5.74) is 7.02. The highest BCUT2D eigenvalue weighted by Gasteiger charge is 2.31. The SMILES string of the molecule is CC1(C)CCCN(C(=O)c2sc3ccccc3c2N)C1. The number of carbonyl (C=O) groups is 1. The van der Waals surface area contributed by atoms with Crippen LogP contribution in [-0.2, 0) is 0 Å². The molecule has 0 aliphatic carbocycles. The highest BCUT2D eigenvalue weighted by molar-refractivity contribution is 7.21. The van der Waals surface area contributed by atoms with E-state index in [0.717, 1.165) is 29.6 Å². The number of piperidine rings is 1. The lowest BCUT2D eigenvalue weighted by Crippen LogP contribution is -2.43. The molecule has 2 heterocycles. The molecule has 3 nitrogen and oxygen atoms in total. The number of carbonyl (C=O) groups excluding carboxylic acids is 1. The first-order chi connectivity index (χ1) is 9.48. The van der Waals surface area contributed by atoms with Gasteiger partial charge in [0.1, 0.15) is 4.88 Å². The van der Waals surface area contributed by atoms with Crippen LogP contribution in [0.15, 0.2) is 24.3 Å². The van der Waals surface area contributed by atoms with Gasteiger partial charge >= 0.3 is 0 Å². The summed E-state index contributed by atoms with van der Waals surface area (Å²) in [7, 11) is 0. The second kappa shape index (κ2) is 4.77.